The Labute approximate surface area is 259 Å². The van der Waals surface area contributed by atoms with Gasteiger partial charge >= 0.3 is 7.94 Å². The molecule has 0 amide bonds. The van der Waals surface area contributed by atoms with Gasteiger partial charge in [-0.2, -0.15) is 14.7 Å². The number of unbranched alkanes of at least 4 members (excludes halogenated alkanes) is 3. The highest BCUT2D eigenvalue weighted by molar-refractivity contribution is 7.63. The Kier molecular flexibility index (Phi) is 11.9. The Morgan fingerprint density at radius 2 is 1.02 bits per heavy atom. The summed E-state index contributed by atoms with van der Waals surface area (Å²) in [6, 6.07) is 14.5. The van der Waals surface area contributed by atoms with Gasteiger partial charge in [0.05, 0.1) is 0 Å². The first kappa shape index (κ1) is 36.7. The Morgan fingerprint density at radius 3 is 1.36 bits per heavy atom. The fraction of sp³-hybridized carbons (Fsp3) is 0.632. The molecule has 0 saturated carbocycles. The second-order valence-corrected chi connectivity index (χ2v) is 18.2. The molecule has 2 aromatic carbocycles. The van der Waals surface area contributed by atoms with Gasteiger partial charge in [0, 0.05) is 12.3 Å². The topological polar surface area (TPSA) is 60.7 Å². The molecule has 0 aromatic heterocycles. The third kappa shape index (κ3) is 10.0. The van der Waals surface area contributed by atoms with Crippen LogP contribution < -0.4 is 0 Å². The zero-order valence-corrected chi connectivity index (χ0v) is 30.0. The zero-order valence-electron chi connectivity index (χ0n) is 29.2. The second kappa shape index (κ2) is 13.6. The van der Waals surface area contributed by atoms with E-state index in [9.17, 15) is 14.7 Å². The quantitative estimate of drug-likeness (QED) is 0.189. The molecule has 2 rings (SSSR count). The fourth-order valence-corrected chi connectivity index (χ4v) is 6.71. The lowest BCUT2D eigenvalue weighted by atomic mass is 9.70. The van der Waals surface area contributed by atoms with Crippen molar-refractivity contribution in [3.63, 3.8) is 0 Å². The van der Waals surface area contributed by atoms with Crippen molar-refractivity contribution in [2.75, 3.05) is 0 Å². The van der Waals surface area contributed by atoms with E-state index in [0.717, 1.165) is 32.1 Å². The Morgan fingerprint density at radius 1 is 0.619 bits per heavy atom. The third-order valence-electron chi connectivity index (χ3n) is 8.60. The molecule has 0 unspecified atom stereocenters. The molecule has 0 spiro atoms. The van der Waals surface area contributed by atoms with Crippen LogP contribution in [0.3, 0.4) is 0 Å². The molecular weight excluding hydrogens is 535 g/mol. The standard InChI is InChI=1S/C38H62O3P/c1-14-29(42(39,40)41)19-17-15-16-18-20-30(31-23-21-27(35(2,3)4)25-33(31)37(8,9)10)32-24-22-28(36(5,6)7)26-34(32)38(11,12)13/h14,21-26,30,39-41H,15-20H2,1-13H3/q+1. The summed E-state index contributed by atoms with van der Waals surface area (Å²) in [5.41, 5.74) is 8.71. The van der Waals surface area contributed by atoms with E-state index < -0.39 is 7.94 Å². The van der Waals surface area contributed by atoms with E-state index in [1.165, 1.54) is 33.4 Å². The third-order valence-corrected chi connectivity index (χ3v) is 9.85. The van der Waals surface area contributed by atoms with Crippen LogP contribution in [0.25, 0.3) is 0 Å². The molecular formula is C38H62O3P+. The van der Waals surface area contributed by atoms with Gasteiger partial charge in [-0.15, -0.1) is 0 Å². The first-order valence-electron chi connectivity index (χ1n) is 16.0. The summed E-state index contributed by atoms with van der Waals surface area (Å²) in [6.07, 6.45) is 7.22. The number of rotatable bonds is 10. The van der Waals surface area contributed by atoms with Gasteiger partial charge in [-0.3, -0.25) is 0 Å². The van der Waals surface area contributed by atoms with Gasteiger partial charge in [-0.1, -0.05) is 139 Å². The molecule has 0 aliphatic heterocycles. The summed E-state index contributed by atoms with van der Waals surface area (Å²) in [6.45, 7) is 29.6. The largest absolute Gasteiger partial charge is 0.436 e. The SMILES string of the molecule is CC=C(CCCCCCC(c1ccc(C(C)(C)C)cc1C(C)(C)C)c1ccc(C(C)(C)C)cc1C(C)(C)C)[P+](O)(O)O. The van der Waals surface area contributed by atoms with E-state index in [4.69, 9.17) is 0 Å². The normalized spacial score (nSPS) is 14.2. The molecule has 42 heavy (non-hydrogen) atoms. The number of allylic oxidation sites excluding steroid dienone is 2. The van der Waals surface area contributed by atoms with Crippen molar-refractivity contribution in [3.05, 3.63) is 81.2 Å². The molecule has 0 atom stereocenters. The summed E-state index contributed by atoms with van der Waals surface area (Å²) < 4.78 is 0. The molecule has 0 aliphatic rings. The van der Waals surface area contributed by atoms with Crippen LogP contribution in [-0.4, -0.2) is 14.7 Å². The average molecular weight is 598 g/mol. The maximum Gasteiger partial charge on any atom is 0.436 e. The van der Waals surface area contributed by atoms with Crippen LogP contribution in [0.15, 0.2) is 47.8 Å². The predicted octanol–water partition coefficient (Wildman–Crippen LogP) is 11.0. The highest BCUT2D eigenvalue weighted by atomic mass is 31.2. The Hall–Kier alpha value is -1.51. The molecule has 2 aromatic rings. The maximum absolute atomic E-state index is 9.68. The highest BCUT2D eigenvalue weighted by Crippen LogP contribution is 2.55. The van der Waals surface area contributed by atoms with Gasteiger partial charge in [-0.25, -0.2) is 0 Å². The lowest BCUT2D eigenvalue weighted by Gasteiger charge is -2.34. The average Bonchev–Trinajstić information content (AvgIpc) is 2.82. The monoisotopic (exact) mass is 597 g/mol. The molecule has 236 valence electrons. The number of hydrogen-bond donors (Lipinski definition) is 3. The van der Waals surface area contributed by atoms with Gasteiger partial charge in [0.1, 0.15) is 0 Å². The van der Waals surface area contributed by atoms with Crippen molar-refractivity contribution >= 4 is 7.94 Å². The summed E-state index contributed by atoms with van der Waals surface area (Å²) >= 11 is 0. The number of hydrogen-bond acceptors (Lipinski definition) is 3. The molecule has 0 saturated heterocycles. The van der Waals surface area contributed by atoms with Crippen LogP contribution in [-0.2, 0) is 21.7 Å². The van der Waals surface area contributed by atoms with Crippen LogP contribution in [0.2, 0.25) is 0 Å². The minimum Gasteiger partial charge on any atom is -0.189 e. The van der Waals surface area contributed by atoms with Crippen molar-refractivity contribution in [3.8, 4) is 0 Å². The van der Waals surface area contributed by atoms with Gasteiger partial charge in [0.15, 0.2) is 5.31 Å². The highest BCUT2D eigenvalue weighted by Gasteiger charge is 2.35. The van der Waals surface area contributed by atoms with E-state index in [0.29, 0.717) is 11.7 Å². The van der Waals surface area contributed by atoms with Crippen LogP contribution in [0.4, 0.5) is 0 Å². The minimum absolute atomic E-state index is 0.0134. The smallest absolute Gasteiger partial charge is 0.189 e. The Bertz CT molecular complexity index is 1130. The van der Waals surface area contributed by atoms with Crippen molar-refractivity contribution in [1.29, 1.82) is 0 Å². The van der Waals surface area contributed by atoms with E-state index in [2.05, 4.69) is 119 Å². The van der Waals surface area contributed by atoms with E-state index >= 15 is 0 Å². The summed E-state index contributed by atoms with van der Waals surface area (Å²) in [5.74, 6) is 0.286. The lowest BCUT2D eigenvalue weighted by Crippen LogP contribution is -2.23. The second-order valence-electron chi connectivity index (χ2n) is 16.5. The summed E-state index contributed by atoms with van der Waals surface area (Å²) in [5, 5.41) is 0.378. The van der Waals surface area contributed by atoms with Gasteiger partial charge in [0.2, 0.25) is 0 Å². The van der Waals surface area contributed by atoms with Crippen LogP contribution in [0.1, 0.15) is 168 Å². The van der Waals surface area contributed by atoms with Crippen molar-refractivity contribution in [1.82, 2.24) is 0 Å². The minimum atomic E-state index is -3.89. The summed E-state index contributed by atoms with van der Waals surface area (Å²) in [4.78, 5) is 29.0. The molecule has 3 N–H and O–H groups in total. The van der Waals surface area contributed by atoms with Gasteiger partial charge in [-0.05, 0) is 80.9 Å². The summed E-state index contributed by atoms with van der Waals surface area (Å²) in [7, 11) is -3.89. The van der Waals surface area contributed by atoms with Gasteiger partial charge in [0.25, 0.3) is 0 Å². The maximum atomic E-state index is 9.68. The van der Waals surface area contributed by atoms with Crippen LogP contribution >= 0.6 is 7.94 Å². The van der Waals surface area contributed by atoms with Crippen LogP contribution in [0, 0.1) is 0 Å². The molecule has 0 heterocycles. The zero-order chi connectivity index (χ0) is 32.3. The van der Waals surface area contributed by atoms with E-state index in [-0.39, 0.29) is 27.6 Å². The van der Waals surface area contributed by atoms with Crippen molar-refractivity contribution in [2.24, 2.45) is 0 Å². The van der Waals surface area contributed by atoms with Crippen LogP contribution in [0.5, 0.6) is 0 Å². The molecule has 0 bridgehead atoms. The van der Waals surface area contributed by atoms with E-state index in [1.54, 1.807) is 13.0 Å². The molecule has 4 heteroatoms. The van der Waals surface area contributed by atoms with Crippen molar-refractivity contribution < 1.29 is 14.7 Å². The molecule has 0 fully saturated rings. The first-order valence-corrected chi connectivity index (χ1v) is 17.7. The van der Waals surface area contributed by atoms with Gasteiger partial charge < -0.3 is 0 Å². The predicted molar refractivity (Wildman–Crippen MR) is 185 cm³/mol. The first-order chi connectivity index (χ1) is 19.0. The molecule has 0 aliphatic carbocycles. The van der Waals surface area contributed by atoms with E-state index in [1.807, 2.05) is 0 Å². The van der Waals surface area contributed by atoms with Crippen molar-refractivity contribution in [2.45, 2.75) is 156 Å². The molecule has 3 nitrogen and oxygen atoms in total. The molecule has 0 radical (unpaired) electrons. The fourth-order valence-electron chi connectivity index (χ4n) is 5.91. The number of benzene rings is 2. The Balaban J connectivity index is 2.57. The lowest BCUT2D eigenvalue weighted by molar-refractivity contribution is 0.338.